The summed E-state index contributed by atoms with van der Waals surface area (Å²) in [4.78, 5) is 6.83. The van der Waals surface area contributed by atoms with Gasteiger partial charge < -0.3 is 9.72 Å². The average Bonchev–Trinajstić information content (AvgIpc) is 2.51. The summed E-state index contributed by atoms with van der Waals surface area (Å²) in [5, 5.41) is 0. The van der Waals surface area contributed by atoms with Gasteiger partial charge in [-0.15, -0.1) is 0 Å². The van der Waals surface area contributed by atoms with Crippen molar-refractivity contribution < 1.29 is 13.5 Å². The highest BCUT2D eigenvalue weighted by atomic mass is 127. The maximum atomic E-state index is 12.0. The molecule has 1 N–H and O–H groups in total. The van der Waals surface area contributed by atoms with Gasteiger partial charge in [0.25, 0.3) is 0 Å². The molecule has 0 saturated carbocycles. The fourth-order valence-corrected chi connectivity index (χ4v) is 1.72. The molecule has 0 aliphatic rings. The molecule has 74 valence electrons. The Morgan fingerprint density at radius 3 is 2.93 bits per heavy atom. The van der Waals surface area contributed by atoms with Crippen LogP contribution in [0.3, 0.4) is 0 Å². The number of ether oxygens (including phenoxy) is 1. The number of hydrogen-bond acceptors (Lipinski definition) is 2. The summed E-state index contributed by atoms with van der Waals surface area (Å²) < 4.78 is 28.9. The number of nitrogens with zero attached hydrogens (tertiary/aromatic N) is 1. The van der Waals surface area contributed by atoms with Gasteiger partial charge in [0.15, 0.2) is 0 Å². The normalized spacial score (nSPS) is 11.1. The number of hydrogen-bond donors (Lipinski definition) is 1. The number of imidazole rings is 1. The molecular formula is C8H5F2IN2O. The number of alkyl halides is 2. The Hall–Kier alpha value is -0.920. The van der Waals surface area contributed by atoms with Crippen LogP contribution in [0, 0.1) is 3.57 Å². The van der Waals surface area contributed by atoms with Gasteiger partial charge in [-0.1, -0.05) is 0 Å². The van der Waals surface area contributed by atoms with E-state index in [0.717, 1.165) is 5.52 Å². The van der Waals surface area contributed by atoms with Crippen LogP contribution in [0.1, 0.15) is 0 Å². The SMILES string of the molecule is FC(F)Oc1cc2nc[nH]c2cc1I. The summed E-state index contributed by atoms with van der Waals surface area (Å²) in [5.41, 5.74) is 1.41. The number of fused-ring (bicyclic) bond motifs is 1. The summed E-state index contributed by atoms with van der Waals surface area (Å²) in [5.74, 6) is 0.153. The minimum absolute atomic E-state index is 0.153. The van der Waals surface area contributed by atoms with Crippen LogP contribution in [0.25, 0.3) is 11.0 Å². The van der Waals surface area contributed by atoms with Crippen molar-refractivity contribution in [1.82, 2.24) is 9.97 Å². The number of benzene rings is 1. The Balaban J connectivity index is 2.48. The van der Waals surface area contributed by atoms with Crippen LogP contribution in [0.5, 0.6) is 5.75 Å². The molecule has 1 heterocycles. The topological polar surface area (TPSA) is 37.9 Å². The van der Waals surface area contributed by atoms with Gasteiger partial charge >= 0.3 is 6.61 Å². The van der Waals surface area contributed by atoms with E-state index in [4.69, 9.17) is 0 Å². The first-order chi connectivity index (χ1) is 6.66. The average molecular weight is 310 g/mol. The van der Waals surface area contributed by atoms with Crippen LogP contribution in [0.15, 0.2) is 18.5 Å². The van der Waals surface area contributed by atoms with Gasteiger partial charge in [-0.3, -0.25) is 0 Å². The molecule has 0 saturated heterocycles. The predicted octanol–water partition coefficient (Wildman–Crippen LogP) is 2.77. The second-order valence-electron chi connectivity index (χ2n) is 2.58. The van der Waals surface area contributed by atoms with E-state index in [9.17, 15) is 8.78 Å². The van der Waals surface area contributed by atoms with Crippen molar-refractivity contribution in [3.8, 4) is 5.75 Å². The smallest absolute Gasteiger partial charge is 0.387 e. The van der Waals surface area contributed by atoms with Gasteiger partial charge in [0.05, 0.1) is 20.9 Å². The Morgan fingerprint density at radius 1 is 1.43 bits per heavy atom. The van der Waals surface area contributed by atoms with Gasteiger partial charge in [0.2, 0.25) is 0 Å². The first-order valence-electron chi connectivity index (χ1n) is 3.74. The number of rotatable bonds is 2. The number of H-pyrrole nitrogens is 1. The monoisotopic (exact) mass is 310 g/mol. The van der Waals surface area contributed by atoms with E-state index in [1.54, 1.807) is 6.07 Å². The zero-order chi connectivity index (χ0) is 10.1. The maximum Gasteiger partial charge on any atom is 0.387 e. The summed E-state index contributed by atoms with van der Waals surface area (Å²) in [6.45, 7) is -2.81. The molecule has 0 bridgehead atoms. The molecule has 0 radical (unpaired) electrons. The molecule has 1 aromatic heterocycles. The van der Waals surface area contributed by atoms with Crippen molar-refractivity contribution in [3.05, 3.63) is 22.0 Å². The lowest BCUT2D eigenvalue weighted by Crippen LogP contribution is -2.03. The second kappa shape index (κ2) is 3.68. The van der Waals surface area contributed by atoms with Crippen molar-refractivity contribution >= 4 is 33.6 Å². The Kier molecular flexibility index (Phi) is 2.53. The van der Waals surface area contributed by atoms with Crippen LogP contribution < -0.4 is 4.74 Å². The maximum absolute atomic E-state index is 12.0. The Morgan fingerprint density at radius 2 is 2.21 bits per heavy atom. The van der Waals surface area contributed by atoms with E-state index in [1.165, 1.54) is 12.4 Å². The molecule has 0 fully saturated rings. The minimum atomic E-state index is -2.81. The standard InChI is InChI=1S/C8H5F2IN2O/c9-8(10)14-7-2-6-5(1-4(7)11)12-3-13-6/h1-3,8H,(H,12,13). The van der Waals surface area contributed by atoms with Crippen molar-refractivity contribution in [3.63, 3.8) is 0 Å². The molecule has 3 nitrogen and oxygen atoms in total. The summed E-state index contributed by atoms with van der Waals surface area (Å²) in [6, 6.07) is 3.19. The molecular weight excluding hydrogens is 305 g/mol. The largest absolute Gasteiger partial charge is 0.434 e. The zero-order valence-corrected chi connectivity index (χ0v) is 8.96. The van der Waals surface area contributed by atoms with Crippen LogP contribution >= 0.6 is 22.6 Å². The molecule has 0 atom stereocenters. The van der Waals surface area contributed by atoms with Crippen molar-refractivity contribution in [2.45, 2.75) is 6.61 Å². The highest BCUT2D eigenvalue weighted by Crippen LogP contribution is 2.26. The number of aromatic amines is 1. The summed E-state index contributed by atoms with van der Waals surface area (Å²) in [7, 11) is 0. The lowest BCUT2D eigenvalue weighted by molar-refractivity contribution is -0.0503. The van der Waals surface area contributed by atoms with E-state index >= 15 is 0 Å². The van der Waals surface area contributed by atoms with Gasteiger partial charge in [0.1, 0.15) is 5.75 Å². The predicted molar refractivity (Wildman–Crippen MR) is 55.4 cm³/mol. The molecule has 14 heavy (non-hydrogen) atoms. The number of aromatic nitrogens is 2. The third-order valence-corrected chi connectivity index (χ3v) is 2.53. The molecule has 0 aliphatic heterocycles. The van der Waals surface area contributed by atoms with Crippen LogP contribution in [0.2, 0.25) is 0 Å². The Labute approximate surface area is 91.6 Å². The first kappa shape index (κ1) is 9.63. The van der Waals surface area contributed by atoms with E-state index in [2.05, 4.69) is 14.7 Å². The molecule has 1 aromatic carbocycles. The third-order valence-electron chi connectivity index (χ3n) is 1.69. The molecule has 6 heteroatoms. The van der Waals surface area contributed by atoms with Crippen LogP contribution in [0.4, 0.5) is 8.78 Å². The highest BCUT2D eigenvalue weighted by molar-refractivity contribution is 14.1. The van der Waals surface area contributed by atoms with E-state index in [0.29, 0.717) is 9.09 Å². The number of halogens is 3. The molecule has 2 rings (SSSR count). The van der Waals surface area contributed by atoms with Crippen molar-refractivity contribution in [2.75, 3.05) is 0 Å². The van der Waals surface area contributed by atoms with Crippen molar-refractivity contribution in [2.24, 2.45) is 0 Å². The molecule has 0 aliphatic carbocycles. The summed E-state index contributed by atoms with van der Waals surface area (Å²) in [6.07, 6.45) is 1.51. The molecule has 0 unspecified atom stereocenters. The third kappa shape index (κ3) is 1.79. The van der Waals surface area contributed by atoms with Gasteiger partial charge in [0, 0.05) is 6.07 Å². The second-order valence-corrected chi connectivity index (χ2v) is 3.74. The molecule has 0 spiro atoms. The Bertz CT molecular complexity index is 458. The zero-order valence-electron chi connectivity index (χ0n) is 6.80. The molecule has 2 aromatic rings. The highest BCUT2D eigenvalue weighted by Gasteiger charge is 2.10. The van der Waals surface area contributed by atoms with E-state index in [1.807, 2.05) is 22.6 Å². The first-order valence-corrected chi connectivity index (χ1v) is 4.82. The van der Waals surface area contributed by atoms with Crippen molar-refractivity contribution in [1.29, 1.82) is 0 Å². The quantitative estimate of drug-likeness (QED) is 0.866. The lowest BCUT2D eigenvalue weighted by atomic mass is 10.3. The van der Waals surface area contributed by atoms with Crippen LogP contribution in [-0.2, 0) is 0 Å². The van der Waals surface area contributed by atoms with Gasteiger partial charge in [-0.2, -0.15) is 8.78 Å². The fraction of sp³-hybridized carbons (Fsp3) is 0.125. The number of nitrogens with one attached hydrogen (secondary N) is 1. The van der Waals surface area contributed by atoms with E-state index < -0.39 is 6.61 Å². The lowest BCUT2D eigenvalue weighted by Gasteiger charge is -2.05. The van der Waals surface area contributed by atoms with Crippen LogP contribution in [-0.4, -0.2) is 16.6 Å². The summed E-state index contributed by atoms with van der Waals surface area (Å²) >= 11 is 1.93. The van der Waals surface area contributed by atoms with E-state index in [-0.39, 0.29) is 5.75 Å². The molecule has 0 amide bonds. The fourth-order valence-electron chi connectivity index (χ4n) is 1.12. The van der Waals surface area contributed by atoms with Gasteiger partial charge in [-0.25, -0.2) is 4.98 Å². The minimum Gasteiger partial charge on any atom is -0.434 e. The van der Waals surface area contributed by atoms with Gasteiger partial charge in [-0.05, 0) is 28.7 Å².